The highest BCUT2D eigenvalue weighted by Gasteiger charge is 2.14. The summed E-state index contributed by atoms with van der Waals surface area (Å²) in [6, 6.07) is 2.74. The standard InChI is InChI=1S/C9H7NO4/c1-13-9(12)5-2-6-8(3-7(5)11)14-4-10-6/h2-4,11H,1H3. The molecule has 0 unspecified atom stereocenters. The van der Waals surface area contributed by atoms with Gasteiger partial charge in [-0.3, -0.25) is 0 Å². The first kappa shape index (κ1) is 8.55. The maximum atomic E-state index is 11.2. The van der Waals surface area contributed by atoms with Crippen molar-refractivity contribution in [1.82, 2.24) is 4.98 Å². The predicted molar refractivity (Wildman–Crippen MR) is 47.0 cm³/mol. The monoisotopic (exact) mass is 193 g/mol. The zero-order valence-electron chi connectivity index (χ0n) is 7.35. The Kier molecular flexibility index (Phi) is 1.85. The van der Waals surface area contributed by atoms with E-state index in [4.69, 9.17) is 4.42 Å². The lowest BCUT2D eigenvalue weighted by atomic mass is 10.2. The zero-order chi connectivity index (χ0) is 10.1. The number of nitrogens with zero attached hydrogens (tertiary/aromatic N) is 1. The number of hydrogen-bond acceptors (Lipinski definition) is 5. The highest BCUT2D eigenvalue weighted by Crippen LogP contribution is 2.24. The molecule has 5 nitrogen and oxygen atoms in total. The fourth-order valence-corrected chi connectivity index (χ4v) is 1.17. The molecule has 0 aliphatic heterocycles. The Bertz CT molecular complexity index is 489. The highest BCUT2D eigenvalue weighted by molar-refractivity contribution is 5.96. The van der Waals surface area contributed by atoms with Crippen molar-refractivity contribution in [1.29, 1.82) is 0 Å². The van der Waals surface area contributed by atoms with Crippen molar-refractivity contribution in [3.8, 4) is 5.75 Å². The summed E-state index contributed by atoms with van der Waals surface area (Å²) in [7, 11) is 1.24. The van der Waals surface area contributed by atoms with Gasteiger partial charge in [0.25, 0.3) is 0 Å². The van der Waals surface area contributed by atoms with E-state index in [1.807, 2.05) is 0 Å². The third kappa shape index (κ3) is 1.19. The molecule has 0 radical (unpaired) electrons. The lowest BCUT2D eigenvalue weighted by Crippen LogP contribution is -2.01. The summed E-state index contributed by atoms with van der Waals surface area (Å²) in [4.78, 5) is 15.0. The van der Waals surface area contributed by atoms with Crippen molar-refractivity contribution in [2.75, 3.05) is 7.11 Å². The van der Waals surface area contributed by atoms with Crippen LogP contribution < -0.4 is 0 Å². The molecule has 2 aromatic rings. The van der Waals surface area contributed by atoms with E-state index >= 15 is 0 Å². The van der Waals surface area contributed by atoms with E-state index in [2.05, 4.69) is 9.72 Å². The molecule has 0 aliphatic carbocycles. The second-order valence-electron chi connectivity index (χ2n) is 2.68. The van der Waals surface area contributed by atoms with Crippen LogP contribution in [0.2, 0.25) is 0 Å². The molecule has 0 saturated heterocycles. The van der Waals surface area contributed by atoms with Crippen LogP contribution in [-0.2, 0) is 4.74 Å². The number of rotatable bonds is 1. The smallest absolute Gasteiger partial charge is 0.341 e. The van der Waals surface area contributed by atoms with Crippen molar-refractivity contribution < 1.29 is 19.1 Å². The Morgan fingerprint density at radius 1 is 1.57 bits per heavy atom. The van der Waals surface area contributed by atoms with Crippen LogP contribution in [0.4, 0.5) is 0 Å². The molecule has 0 amide bonds. The van der Waals surface area contributed by atoms with Gasteiger partial charge in [-0.2, -0.15) is 0 Å². The van der Waals surface area contributed by atoms with Crippen LogP contribution in [0.15, 0.2) is 22.9 Å². The molecule has 14 heavy (non-hydrogen) atoms. The van der Waals surface area contributed by atoms with E-state index in [1.165, 1.54) is 25.6 Å². The maximum absolute atomic E-state index is 11.2. The fourth-order valence-electron chi connectivity index (χ4n) is 1.17. The first-order chi connectivity index (χ1) is 6.72. The normalized spacial score (nSPS) is 10.4. The van der Waals surface area contributed by atoms with Crippen molar-refractivity contribution in [3.05, 3.63) is 24.1 Å². The number of aromatic nitrogens is 1. The molecule has 0 fully saturated rings. The Morgan fingerprint density at radius 3 is 3.07 bits per heavy atom. The van der Waals surface area contributed by atoms with Gasteiger partial charge in [0.1, 0.15) is 16.8 Å². The summed E-state index contributed by atoms with van der Waals surface area (Å²) in [6.45, 7) is 0. The van der Waals surface area contributed by atoms with Gasteiger partial charge in [0, 0.05) is 6.07 Å². The van der Waals surface area contributed by atoms with E-state index in [-0.39, 0.29) is 11.3 Å². The van der Waals surface area contributed by atoms with Crippen molar-refractivity contribution in [2.24, 2.45) is 0 Å². The second-order valence-corrected chi connectivity index (χ2v) is 2.68. The molecule has 0 aliphatic rings. The van der Waals surface area contributed by atoms with Gasteiger partial charge in [-0.15, -0.1) is 0 Å². The number of methoxy groups -OCH3 is 1. The lowest BCUT2D eigenvalue weighted by molar-refractivity contribution is 0.0597. The second kappa shape index (κ2) is 3.02. The minimum Gasteiger partial charge on any atom is -0.507 e. The number of oxazole rings is 1. The molecule has 1 aromatic carbocycles. The predicted octanol–water partition coefficient (Wildman–Crippen LogP) is 1.32. The van der Waals surface area contributed by atoms with Gasteiger partial charge in [0.05, 0.1) is 7.11 Å². The van der Waals surface area contributed by atoms with Crippen molar-refractivity contribution in [3.63, 3.8) is 0 Å². The first-order valence-electron chi connectivity index (χ1n) is 3.87. The highest BCUT2D eigenvalue weighted by atomic mass is 16.5. The maximum Gasteiger partial charge on any atom is 0.341 e. The quantitative estimate of drug-likeness (QED) is 0.691. The molecule has 1 N–H and O–H groups in total. The SMILES string of the molecule is COC(=O)c1cc2ncoc2cc1O. The molecule has 0 spiro atoms. The van der Waals surface area contributed by atoms with Crippen LogP contribution in [0.3, 0.4) is 0 Å². The van der Waals surface area contributed by atoms with Gasteiger partial charge >= 0.3 is 5.97 Å². The number of esters is 1. The third-order valence-electron chi connectivity index (χ3n) is 1.85. The van der Waals surface area contributed by atoms with Gasteiger partial charge in [0.2, 0.25) is 0 Å². The number of fused-ring (bicyclic) bond motifs is 1. The average Bonchev–Trinajstić information content (AvgIpc) is 2.62. The van der Waals surface area contributed by atoms with Gasteiger partial charge in [0.15, 0.2) is 12.0 Å². The molecular weight excluding hydrogens is 186 g/mol. The van der Waals surface area contributed by atoms with Crippen molar-refractivity contribution in [2.45, 2.75) is 0 Å². The third-order valence-corrected chi connectivity index (χ3v) is 1.85. The molecule has 1 aromatic heterocycles. The topological polar surface area (TPSA) is 72.6 Å². The summed E-state index contributed by atoms with van der Waals surface area (Å²) in [5, 5.41) is 9.44. The van der Waals surface area contributed by atoms with Crippen molar-refractivity contribution >= 4 is 17.1 Å². The zero-order valence-corrected chi connectivity index (χ0v) is 7.35. The summed E-state index contributed by atoms with van der Waals surface area (Å²) >= 11 is 0. The Morgan fingerprint density at radius 2 is 2.36 bits per heavy atom. The van der Waals surface area contributed by atoms with Gasteiger partial charge in [-0.05, 0) is 6.07 Å². The Balaban J connectivity index is 2.64. The number of hydrogen-bond donors (Lipinski definition) is 1. The molecule has 0 saturated carbocycles. The van der Waals surface area contributed by atoms with Crippen LogP contribution in [0.25, 0.3) is 11.1 Å². The molecule has 1 heterocycles. The molecule has 0 bridgehead atoms. The van der Waals surface area contributed by atoms with Crippen LogP contribution >= 0.6 is 0 Å². The number of phenolic OH excluding ortho intramolecular Hbond substituents is 1. The number of benzene rings is 1. The number of ether oxygens (including phenoxy) is 1. The summed E-state index contributed by atoms with van der Waals surface area (Å²) in [6.07, 6.45) is 1.24. The molecular formula is C9H7NO4. The molecule has 5 heteroatoms. The van der Waals surface area contributed by atoms with Crippen LogP contribution in [-0.4, -0.2) is 23.2 Å². The number of aromatic hydroxyl groups is 1. The summed E-state index contributed by atoms with van der Waals surface area (Å²) < 4.78 is 9.43. The van der Waals surface area contributed by atoms with E-state index in [9.17, 15) is 9.90 Å². The first-order valence-corrected chi connectivity index (χ1v) is 3.87. The van der Waals surface area contributed by atoms with Gasteiger partial charge < -0.3 is 14.3 Å². The number of carbonyl (C=O) groups excluding carboxylic acids is 1. The Labute approximate surface area is 78.9 Å². The number of carbonyl (C=O) groups is 1. The minimum absolute atomic E-state index is 0.0777. The van der Waals surface area contributed by atoms with E-state index in [0.29, 0.717) is 11.1 Å². The largest absolute Gasteiger partial charge is 0.507 e. The molecule has 2 rings (SSSR count). The van der Waals surface area contributed by atoms with E-state index < -0.39 is 5.97 Å². The van der Waals surface area contributed by atoms with Crippen LogP contribution in [0, 0.1) is 0 Å². The molecule has 72 valence electrons. The van der Waals surface area contributed by atoms with Crippen LogP contribution in [0.1, 0.15) is 10.4 Å². The Hall–Kier alpha value is -2.04. The fraction of sp³-hybridized carbons (Fsp3) is 0.111. The van der Waals surface area contributed by atoms with Gasteiger partial charge in [-0.25, -0.2) is 9.78 Å². The summed E-state index contributed by atoms with van der Waals surface area (Å²) in [5.41, 5.74) is 1.01. The number of phenols is 1. The van der Waals surface area contributed by atoms with E-state index in [1.54, 1.807) is 0 Å². The summed E-state index contributed by atoms with van der Waals surface area (Å²) in [5.74, 6) is -0.784. The molecule has 0 atom stereocenters. The van der Waals surface area contributed by atoms with Gasteiger partial charge in [-0.1, -0.05) is 0 Å². The van der Waals surface area contributed by atoms with E-state index in [0.717, 1.165) is 0 Å². The average molecular weight is 193 g/mol. The minimum atomic E-state index is -0.604. The lowest BCUT2D eigenvalue weighted by Gasteiger charge is -2.00. The van der Waals surface area contributed by atoms with Crippen LogP contribution in [0.5, 0.6) is 5.75 Å².